The molecule has 2 saturated heterocycles. The molecule has 0 unspecified atom stereocenters. The quantitative estimate of drug-likeness (QED) is 0.0625. The largest absolute Gasteiger partial charge is 0.489 e. The summed E-state index contributed by atoms with van der Waals surface area (Å²) in [5, 5.41) is 19.4. The Hall–Kier alpha value is -5.60. The molecule has 2 aromatic carbocycles. The maximum atomic E-state index is 14.5. The van der Waals surface area contributed by atoms with Crippen molar-refractivity contribution >= 4 is 29.8 Å². The minimum absolute atomic E-state index is 0.0120. The summed E-state index contributed by atoms with van der Waals surface area (Å²) in [7, 11) is 0. The van der Waals surface area contributed by atoms with Crippen LogP contribution in [0.5, 0.6) is 5.75 Å². The van der Waals surface area contributed by atoms with Crippen LogP contribution in [-0.4, -0.2) is 108 Å². The number of rotatable bonds is 18. The molecular weight excluding hydrogens is 722 g/mol. The molecule has 56 heavy (non-hydrogen) atoms. The number of carbonyl (C=O) groups is 5. The number of ether oxygens (including phenoxy) is 3. The Morgan fingerprint density at radius 1 is 1.11 bits per heavy atom. The number of carboxylic acids is 1. The number of aliphatic carboxylic acids is 1. The first-order chi connectivity index (χ1) is 27.0. The fraction of sp³-hybridized carbons (Fsp3) is 0.525. The van der Waals surface area contributed by atoms with E-state index < -0.39 is 60.1 Å². The molecule has 16 nitrogen and oxygen atoms in total. The van der Waals surface area contributed by atoms with Crippen molar-refractivity contribution in [2.24, 2.45) is 11.0 Å². The molecule has 4 rings (SSSR count). The summed E-state index contributed by atoms with van der Waals surface area (Å²) < 4.78 is 17.0. The van der Waals surface area contributed by atoms with Gasteiger partial charge in [0.15, 0.2) is 0 Å². The van der Waals surface area contributed by atoms with Crippen molar-refractivity contribution in [3.63, 3.8) is 0 Å². The van der Waals surface area contributed by atoms with E-state index in [1.54, 1.807) is 0 Å². The van der Waals surface area contributed by atoms with Gasteiger partial charge in [0.2, 0.25) is 17.7 Å². The van der Waals surface area contributed by atoms with E-state index in [1.807, 2.05) is 68.4 Å². The average molecular weight is 776 g/mol. The molecule has 16 heteroatoms. The molecule has 0 spiro atoms. The molecule has 5 atom stereocenters. The summed E-state index contributed by atoms with van der Waals surface area (Å²) >= 11 is 0. The molecule has 302 valence electrons. The lowest BCUT2D eigenvalue weighted by Crippen LogP contribution is -2.59. The zero-order valence-electron chi connectivity index (χ0n) is 32.1. The van der Waals surface area contributed by atoms with Crippen molar-refractivity contribution in [2.75, 3.05) is 32.8 Å². The zero-order valence-corrected chi connectivity index (χ0v) is 32.1. The molecule has 0 saturated carbocycles. The lowest BCUT2D eigenvalue weighted by atomic mass is 9.97. The van der Waals surface area contributed by atoms with Gasteiger partial charge in [-0.15, -0.1) is 0 Å². The van der Waals surface area contributed by atoms with Gasteiger partial charge in [0.05, 0.1) is 12.1 Å². The average Bonchev–Trinajstić information content (AvgIpc) is 3.69. The predicted octanol–water partition coefficient (Wildman–Crippen LogP) is 4.77. The maximum Gasteiger partial charge on any atom is 0.407 e. The second kappa shape index (κ2) is 22.1. The predicted molar refractivity (Wildman–Crippen MR) is 206 cm³/mol. The molecule has 2 fully saturated rings. The van der Waals surface area contributed by atoms with Gasteiger partial charge in [-0.05, 0) is 79.7 Å². The molecular formula is C40H53N7O9. The highest BCUT2D eigenvalue weighted by Crippen LogP contribution is 2.26. The summed E-state index contributed by atoms with van der Waals surface area (Å²) in [5.74, 6) is -2.09. The summed E-state index contributed by atoms with van der Waals surface area (Å²) in [6.07, 6.45) is 1.57. The Labute approximate surface area is 327 Å². The van der Waals surface area contributed by atoms with Gasteiger partial charge in [-0.2, -0.15) is 0 Å². The highest BCUT2D eigenvalue weighted by atomic mass is 16.5. The summed E-state index contributed by atoms with van der Waals surface area (Å²) in [6.45, 7) is 7.62. The first kappa shape index (κ1) is 43.1. The number of azide groups is 1. The Kier molecular flexibility index (Phi) is 17.0. The number of carbonyl (C=O) groups excluding carboxylic acids is 4. The smallest absolute Gasteiger partial charge is 0.407 e. The van der Waals surface area contributed by atoms with Gasteiger partial charge in [0, 0.05) is 24.5 Å². The van der Waals surface area contributed by atoms with Crippen molar-refractivity contribution in [3.05, 3.63) is 88.8 Å². The zero-order chi connectivity index (χ0) is 40.5. The number of nitrogens with zero attached hydrogens (tertiary/aromatic N) is 5. The van der Waals surface area contributed by atoms with E-state index in [1.165, 1.54) is 15.9 Å². The Morgan fingerprint density at radius 2 is 1.86 bits per heavy atom. The molecule has 2 aliphatic rings. The van der Waals surface area contributed by atoms with Crippen molar-refractivity contribution in [1.82, 2.24) is 20.4 Å². The number of carboxylic acid groups (broad SMARTS) is 1. The molecule has 2 heterocycles. The third kappa shape index (κ3) is 13.0. The normalized spacial score (nSPS) is 19.9. The lowest BCUT2D eigenvalue weighted by molar-refractivity contribution is -0.155. The second-order valence-corrected chi connectivity index (χ2v) is 14.3. The number of hydrogen-bond donors (Lipinski definition) is 3. The third-order valence-electron chi connectivity index (χ3n) is 9.69. The van der Waals surface area contributed by atoms with E-state index in [4.69, 9.17) is 14.2 Å². The number of hydrogen-bond acceptors (Lipinski definition) is 9. The van der Waals surface area contributed by atoms with Crippen LogP contribution in [0.2, 0.25) is 0 Å². The number of likely N-dealkylation sites (tertiary alicyclic amines) is 1. The van der Waals surface area contributed by atoms with E-state index in [2.05, 4.69) is 27.2 Å². The van der Waals surface area contributed by atoms with Gasteiger partial charge in [-0.25, -0.2) is 9.59 Å². The number of nitrogens with one attached hydrogen (secondary N) is 2. The van der Waals surface area contributed by atoms with E-state index in [-0.39, 0.29) is 77.3 Å². The van der Waals surface area contributed by atoms with Crippen molar-refractivity contribution in [2.45, 2.75) is 95.7 Å². The summed E-state index contributed by atoms with van der Waals surface area (Å²) in [5.41, 5.74) is 11.4. The lowest BCUT2D eigenvalue weighted by Gasteiger charge is -2.39. The molecule has 0 aromatic heterocycles. The Morgan fingerprint density at radius 3 is 2.54 bits per heavy atom. The first-order valence-electron chi connectivity index (χ1n) is 19.1. The van der Waals surface area contributed by atoms with Crippen LogP contribution in [-0.2, 0) is 41.7 Å². The molecule has 3 N–H and O–H groups in total. The minimum atomic E-state index is -1.14. The molecule has 0 bridgehead atoms. The Bertz CT molecular complexity index is 1680. The first-order valence-corrected chi connectivity index (χ1v) is 19.1. The van der Waals surface area contributed by atoms with Crippen molar-refractivity contribution in [3.8, 4) is 5.75 Å². The van der Waals surface area contributed by atoms with Gasteiger partial charge in [0.25, 0.3) is 0 Å². The SMILES string of the molecule is C=CCOC(=O)NCCC[C@@H](C(=O)N1CCC[C@H]1C(=O)O)N1CC[C@@H]([C@H](Cc2ccc(OCc3ccccc3)cc2)N=[N+]=[N-])OCC(=O)N[C@@H](CC(C)C)C1=O. The van der Waals surface area contributed by atoms with E-state index in [0.717, 1.165) is 11.1 Å². The molecule has 2 aromatic rings. The molecule has 0 aliphatic carbocycles. The topological polar surface area (TPSA) is 213 Å². The van der Waals surface area contributed by atoms with E-state index >= 15 is 0 Å². The third-order valence-corrected chi connectivity index (χ3v) is 9.69. The summed E-state index contributed by atoms with van der Waals surface area (Å²) in [6, 6.07) is 13.1. The Balaban J connectivity index is 1.60. The van der Waals surface area contributed by atoms with Gasteiger partial charge in [-0.1, -0.05) is 74.1 Å². The van der Waals surface area contributed by atoms with Gasteiger partial charge in [-0.3, -0.25) is 14.4 Å². The van der Waals surface area contributed by atoms with Crippen molar-refractivity contribution in [1.29, 1.82) is 0 Å². The fourth-order valence-corrected chi connectivity index (χ4v) is 6.96. The van der Waals surface area contributed by atoms with Crippen LogP contribution < -0.4 is 15.4 Å². The number of benzene rings is 2. The van der Waals surface area contributed by atoms with Gasteiger partial charge in [0.1, 0.15) is 43.7 Å². The van der Waals surface area contributed by atoms with Crippen LogP contribution in [0.15, 0.2) is 72.4 Å². The van der Waals surface area contributed by atoms with Gasteiger partial charge >= 0.3 is 12.1 Å². The fourth-order valence-electron chi connectivity index (χ4n) is 6.96. The van der Waals surface area contributed by atoms with Crippen LogP contribution >= 0.6 is 0 Å². The highest BCUT2D eigenvalue weighted by Gasteiger charge is 2.42. The molecule has 4 amide bonds. The summed E-state index contributed by atoms with van der Waals surface area (Å²) in [4.78, 5) is 72.3. The number of alkyl carbamates (subject to hydrolysis) is 1. The number of amides is 4. The maximum absolute atomic E-state index is 14.5. The monoisotopic (exact) mass is 775 g/mol. The minimum Gasteiger partial charge on any atom is -0.489 e. The van der Waals surface area contributed by atoms with Crippen LogP contribution in [0.4, 0.5) is 4.79 Å². The molecule has 0 radical (unpaired) electrons. The highest BCUT2D eigenvalue weighted by molar-refractivity contribution is 5.94. The van der Waals surface area contributed by atoms with Crippen LogP contribution in [0, 0.1) is 5.92 Å². The van der Waals surface area contributed by atoms with Crippen LogP contribution in [0.3, 0.4) is 0 Å². The van der Waals surface area contributed by atoms with E-state index in [9.17, 15) is 34.6 Å². The van der Waals surface area contributed by atoms with Crippen LogP contribution in [0.1, 0.15) is 63.5 Å². The standard InChI is InChI=1S/C40H53N7O9/c1-4-22-54-40(53)42-19-8-12-33(38(50)46-20-9-13-34(46)39(51)52)47-21-18-35(56-26-36(48)43-32(37(47)49)23-27(2)3)31(44-45-41)24-28-14-16-30(17-15-28)55-25-29-10-6-5-7-11-29/h4-7,10-11,14-17,27,31-35H,1,8-9,12-13,18-26H2,2-3H3,(H,42,53)(H,43,48)(H,51,52)/t31-,32-,33-,34-,35-/m0/s1. The van der Waals surface area contributed by atoms with Crippen molar-refractivity contribution < 1.29 is 43.3 Å². The van der Waals surface area contributed by atoms with Gasteiger partial charge < -0.3 is 39.8 Å². The second-order valence-electron chi connectivity index (χ2n) is 14.3. The molecule has 2 aliphatic heterocycles. The van der Waals surface area contributed by atoms with Crippen LogP contribution in [0.25, 0.3) is 10.4 Å². The van der Waals surface area contributed by atoms with E-state index in [0.29, 0.717) is 18.8 Å².